The molecular weight excluding hydrogens is 369 g/mol. The van der Waals surface area contributed by atoms with Crippen molar-refractivity contribution in [1.82, 2.24) is 19.7 Å². The van der Waals surface area contributed by atoms with E-state index >= 15 is 0 Å². The normalized spacial score (nSPS) is 15.4. The minimum Gasteiger partial charge on any atom is -0.310 e. The minimum absolute atomic E-state index is 0.00896. The molecule has 4 rings (SSSR count). The number of pyridine rings is 1. The third-order valence-corrected chi connectivity index (χ3v) is 5.25. The Morgan fingerprint density at radius 3 is 2.69 bits per heavy atom. The zero-order valence-electron chi connectivity index (χ0n) is 16.4. The summed E-state index contributed by atoms with van der Waals surface area (Å²) in [5, 5.41) is 7.41. The second-order valence-corrected chi connectivity index (χ2v) is 7.46. The topological polar surface area (TPSA) is 63.1 Å². The molecule has 7 heteroatoms. The number of piperidine rings is 1. The van der Waals surface area contributed by atoms with Crippen molar-refractivity contribution in [3.8, 4) is 5.69 Å². The van der Waals surface area contributed by atoms with E-state index < -0.39 is 0 Å². The Bertz CT molecular complexity index is 977. The third-order valence-electron chi connectivity index (χ3n) is 5.25. The lowest BCUT2D eigenvalue weighted by Gasteiger charge is -2.30. The highest BCUT2D eigenvalue weighted by Crippen LogP contribution is 2.21. The minimum atomic E-state index is -0.294. The number of para-hydroxylation sites is 1. The van der Waals surface area contributed by atoms with Crippen LogP contribution in [0.2, 0.25) is 0 Å². The van der Waals surface area contributed by atoms with Crippen LogP contribution in [0.1, 0.15) is 24.1 Å². The van der Waals surface area contributed by atoms with Gasteiger partial charge in [-0.05, 0) is 62.7 Å². The van der Waals surface area contributed by atoms with E-state index in [-0.39, 0.29) is 17.6 Å². The third kappa shape index (κ3) is 4.68. The Morgan fingerprint density at radius 1 is 1.17 bits per heavy atom. The average Bonchev–Trinajstić information content (AvgIpc) is 3.19. The molecule has 0 saturated carbocycles. The summed E-state index contributed by atoms with van der Waals surface area (Å²) in [5.74, 6) is 0.328. The summed E-state index contributed by atoms with van der Waals surface area (Å²) in [6.45, 7) is 4.31. The number of amides is 1. The summed E-state index contributed by atoms with van der Waals surface area (Å²) in [5.41, 5.74) is 2.40. The van der Waals surface area contributed by atoms with E-state index in [0.29, 0.717) is 18.1 Å². The summed E-state index contributed by atoms with van der Waals surface area (Å²) in [6, 6.07) is 12.3. The van der Waals surface area contributed by atoms with Crippen molar-refractivity contribution in [2.24, 2.45) is 5.92 Å². The van der Waals surface area contributed by atoms with Gasteiger partial charge < -0.3 is 5.32 Å². The lowest BCUT2D eigenvalue weighted by molar-refractivity contribution is -0.121. The van der Waals surface area contributed by atoms with E-state index in [9.17, 15) is 9.18 Å². The number of nitrogens with one attached hydrogen (secondary N) is 1. The van der Waals surface area contributed by atoms with Crippen molar-refractivity contribution in [2.75, 3.05) is 18.4 Å². The van der Waals surface area contributed by atoms with E-state index in [1.807, 2.05) is 25.1 Å². The summed E-state index contributed by atoms with van der Waals surface area (Å²) in [6.07, 6.45) is 5.12. The van der Waals surface area contributed by atoms with Gasteiger partial charge in [0.05, 0.1) is 5.69 Å². The molecule has 150 valence electrons. The van der Waals surface area contributed by atoms with E-state index in [0.717, 1.165) is 37.2 Å². The van der Waals surface area contributed by atoms with Crippen molar-refractivity contribution >= 4 is 11.7 Å². The molecular formula is C22H24FN5O. The number of benzene rings is 1. The van der Waals surface area contributed by atoms with Crippen LogP contribution in [0, 0.1) is 18.7 Å². The van der Waals surface area contributed by atoms with E-state index in [4.69, 9.17) is 0 Å². The van der Waals surface area contributed by atoms with Gasteiger partial charge in [-0.2, -0.15) is 5.10 Å². The monoisotopic (exact) mass is 393 g/mol. The Hall–Kier alpha value is -3.06. The second kappa shape index (κ2) is 8.53. The molecule has 1 fully saturated rings. The maximum absolute atomic E-state index is 13.9. The van der Waals surface area contributed by atoms with Gasteiger partial charge in [-0.1, -0.05) is 18.2 Å². The molecule has 6 nitrogen and oxygen atoms in total. The first-order chi connectivity index (χ1) is 14.1. The van der Waals surface area contributed by atoms with E-state index in [1.54, 1.807) is 35.3 Å². The lowest BCUT2D eigenvalue weighted by Crippen LogP contribution is -2.38. The number of likely N-dealkylation sites (tertiary alicyclic amines) is 1. The molecule has 0 bridgehead atoms. The van der Waals surface area contributed by atoms with Crippen LogP contribution in [0.5, 0.6) is 0 Å². The smallest absolute Gasteiger partial charge is 0.228 e. The van der Waals surface area contributed by atoms with Gasteiger partial charge in [-0.3, -0.25) is 9.69 Å². The van der Waals surface area contributed by atoms with Gasteiger partial charge in [0.15, 0.2) is 0 Å². The molecule has 0 unspecified atom stereocenters. The standard InChI is InChI=1S/C22H24FN5O/c1-16-6-7-21(24-14-16)25-22(29)17-8-11-27(12-9-17)15-18-10-13-28(26-18)20-5-3-2-4-19(20)23/h2-7,10,13-14,17H,8-9,11-12,15H2,1H3,(H,24,25,29). The molecule has 0 aliphatic carbocycles. The molecule has 1 N–H and O–H groups in total. The number of hydrogen-bond donors (Lipinski definition) is 1. The Morgan fingerprint density at radius 2 is 1.97 bits per heavy atom. The summed E-state index contributed by atoms with van der Waals surface area (Å²) in [4.78, 5) is 19.0. The van der Waals surface area contributed by atoms with Crippen molar-refractivity contribution in [3.05, 3.63) is 71.9 Å². The van der Waals surface area contributed by atoms with Gasteiger partial charge in [0.25, 0.3) is 0 Å². The molecule has 1 aromatic carbocycles. The van der Waals surface area contributed by atoms with Crippen LogP contribution < -0.4 is 5.32 Å². The summed E-state index contributed by atoms with van der Waals surface area (Å²) in [7, 11) is 0. The fourth-order valence-electron chi connectivity index (χ4n) is 3.57. The number of nitrogens with zero attached hydrogens (tertiary/aromatic N) is 4. The predicted octanol–water partition coefficient (Wildman–Crippen LogP) is 3.57. The van der Waals surface area contributed by atoms with Crippen molar-refractivity contribution in [1.29, 1.82) is 0 Å². The molecule has 0 atom stereocenters. The number of carbonyl (C=O) groups excluding carboxylic acids is 1. The lowest BCUT2D eigenvalue weighted by atomic mass is 9.96. The molecule has 3 aromatic rings. The van der Waals surface area contributed by atoms with Crippen molar-refractivity contribution in [2.45, 2.75) is 26.3 Å². The van der Waals surface area contributed by atoms with Crippen LogP contribution in [-0.2, 0) is 11.3 Å². The zero-order chi connectivity index (χ0) is 20.2. The van der Waals surface area contributed by atoms with Crippen molar-refractivity contribution in [3.63, 3.8) is 0 Å². The first-order valence-electron chi connectivity index (χ1n) is 9.84. The van der Waals surface area contributed by atoms with Crippen LogP contribution >= 0.6 is 0 Å². The molecule has 1 saturated heterocycles. The van der Waals surface area contributed by atoms with E-state index in [2.05, 4.69) is 20.3 Å². The molecule has 3 heterocycles. The summed E-state index contributed by atoms with van der Waals surface area (Å²) < 4.78 is 15.5. The van der Waals surface area contributed by atoms with Crippen molar-refractivity contribution < 1.29 is 9.18 Å². The molecule has 0 spiro atoms. The highest BCUT2D eigenvalue weighted by molar-refractivity contribution is 5.91. The van der Waals surface area contributed by atoms with Gasteiger partial charge in [-0.15, -0.1) is 0 Å². The number of aryl methyl sites for hydroxylation is 1. The molecule has 1 amide bonds. The molecule has 1 aliphatic rings. The molecule has 29 heavy (non-hydrogen) atoms. The second-order valence-electron chi connectivity index (χ2n) is 7.46. The maximum atomic E-state index is 13.9. The van der Waals surface area contributed by atoms with Gasteiger partial charge in [0.2, 0.25) is 5.91 Å². The van der Waals surface area contributed by atoms with Crippen LogP contribution in [0.3, 0.4) is 0 Å². The Kier molecular flexibility index (Phi) is 5.67. The number of anilines is 1. The molecule has 0 radical (unpaired) electrons. The fourth-order valence-corrected chi connectivity index (χ4v) is 3.57. The highest BCUT2D eigenvalue weighted by Gasteiger charge is 2.25. The van der Waals surface area contributed by atoms with Gasteiger partial charge in [-0.25, -0.2) is 14.1 Å². The van der Waals surface area contributed by atoms with Crippen LogP contribution in [-0.4, -0.2) is 38.7 Å². The van der Waals surface area contributed by atoms with Crippen LogP contribution in [0.25, 0.3) is 5.69 Å². The highest BCUT2D eigenvalue weighted by atomic mass is 19.1. The first-order valence-corrected chi connectivity index (χ1v) is 9.84. The molecule has 1 aliphatic heterocycles. The van der Waals surface area contributed by atoms with Crippen LogP contribution in [0.4, 0.5) is 10.2 Å². The predicted molar refractivity (Wildman–Crippen MR) is 109 cm³/mol. The van der Waals surface area contributed by atoms with Crippen LogP contribution in [0.15, 0.2) is 54.9 Å². The zero-order valence-corrected chi connectivity index (χ0v) is 16.4. The molecule has 2 aromatic heterocycles. The Labute approximate surface area is 169 Å². The maximum Gasteiger partial charge on any atom is 0.228 e. The Balaban J connectivity index is 1.29. The summed E-state index contributed by atoms with van der Waals surface area (Å²) >= 11 is 0. The first kappa shape index (κ1) is 19.3. The van der Waals surface area contributed by atoms with Gasteiger partial charge in [0.1, 0.15) is 17.3 Å². The largest absolute Gasteiger partial charge is 0.310 e. The fraction of sp³-hybridized carbons (Fsp3) is 0.318. The number of rotatable bonds is 5. The SMILES string of the molecule is Cc1ccc(NC(=O)C2CCN(Cc3ccn(-c4ccccc4F)n3)CC2)nc1. The van der Waals surface area contributed by atoms with Gasteiger partial charge >= 0.3 is 0 Å². The quantitative estimate of drug-likeness (QED) is 0.720. The number of hydrogen-bond acceptors (Lipinski definition) is 4. The van der Waals surface area contributed by atoms with Gasteiger partial charge in [0, 0.05) is 24.9 Å². The number of carbonyl (C=O) groups is 1. The van der Waals surface area contributed by atoms with E-state index in [1.165, 1.54) is 6.07 Å². The number of aromatic nitrogens is 3. The average molecular weight is 393 g/mol. The number of halogens is 1.